The molecule has 0 heterocycles. The Bertz CT molecular complexity index is 920. The highest BCUT2D eigenvalue weighted by atomic mass is 16.3. The van der Waals surface area contributed by atoms with Gasteiger partial charge < -0.3 is 20.6 Å². The lowest BCUT2D eigenvalue weighted by molar-refractivity contribution is -0.131. The van der Waals surface area contributed by atoms with Crippen LogP contribution in [0, 0.1) is 0 Å². The van der Waals surface area contributed by atoms with Gasteiger partial charge >= 0.3 is 0 Å². The molecule has 0 spiro atoms. The lowest BCUT2D eigenvalue weighted by Gasteiger charge is -2.23. The fourth-order valence-electron chi connectivity index (χ4n) is 8.93. The Hall–Kier alpha value is -1.17. The minimum Gasteiger partial charge on any atom is -0.394 e. The Morgan fingerprint density at radius 1 is 0.387 bits per heavy atom. The summed E-state index contributed by atoms with van der Waals surface area (Å²) in [6, 6.07) is -0.710. The van der Waals surface area contributed by atoms with Crippen LogP contribution in [0.1, 0.15) is 309 Å². The van der Waals surface area contributed by atoms with E-state index in [-0.39, 0.29) is 6.61 Å². The van der Waals surface area contributed by atoms with E-state index in [9.17, 15) is 20.1 Å². The van der Waals surface area contributed by atoms with Gasteiger partial charge in [0.2, 0.25) is 5.91 Å². The molecular formula is C57H111NO4. The molecule has 0 bridgehead atoms. The van der Waals surface area contributed by atoms with E-state index in [1.807, 2.05) is 0 Å². The summed E-state index contributed by atoms with van der Waals surface area (Å²) in [7, 11) is 0. The second-order valence-corrected chi connectivity index (χ2v) is 19.5. The molecule has 5 nitrogen and oxygen atoms in total. The lowest BCUT2D eigenvalue weighted by atomic mass is 10.0. The van der Waals surface area contributed by atoms with Gasteiger partial charge in [-0.05, 0) is 44.9 Å². The van der Waals surface area contributed by atoms with Crippen LogP contribution >= 0.6 is 0 Å². The van der Waals surface area contributed by atoms with Crippen molar-refractivity contribution < 1.29 is 20.1 Å². The van der Waals surface area contributed by atoms with Crippen molar-refractivity contribution in [2.75, 3.05) is 6.61 Å². The highest BCUT2D eigenvalue weighted by molar-refractivity contribution is 5.80. The van der Waals surface area contributed by atoms with Gasteiger partial charge in [0.05, 0.1) is 18.8 Å². The van der Waals surface area contributed by atoms with Gasteiger partial charge in [-0.3, -0.25) is 4.79 Å². The molecule has 0 rings (SSSR count). The van der Waals surface area contributed by atoms with Crippen LogP contribution in [0.25, 0.3) is 0 Å². The smallest absolute Gasteiger partial charge is 0.249 e. The Morgan fingerprint density at radius 3 is 0.968 bits per heavy atom. The number of allylic oxidation sites excluding steroid dienone is 4. The number of unbranched alkanes of at least 4 members (excludes halogenated alkanes) is 40. The molecule has 0 aliphatic rings. The second kappa shape index (κ2) is 52.5. The first-order chi connectivity index (χ1) is 30.6. The van der Waals surface area contributed by atoms with Crippen LogP contribution in [0.5, 0.6) is 0 Å². The highest BCUT2D eigenvalue weighted by Crippen LogP contribution is 2.18. The summed E-state index contributed by atoms with van der Waals surface area (Å²) in [6.45, 7) is 4.26. The SMILES string of the molecule is CCCCCCCCCCC/C=C\C/C=C\CCCCCCCCCCCCCCCCCCC(O)C(=O)NC(CO)C(O)CCCCCCCCCCCCCCCCCC. The molecule has 5 heteroatoms. The van der Waals surface area contributed by atoms with E-state index in [0.717, 1.165) is 38.5 Å². The number of aliphatic hydroxyl groups is 3. The minimum absolute atomic E-state index is 0.310. The standard InChI is InChI=1S/C57H111NO4/c1-3-5-7-9-11-13-15-17-19-21-22-23-24-25-26-27-28-29-30-31-32-33-34-35-36-38-40-42-44-46-48-50-52-56(61)57(62)58-54(53-59)55(60)51-49-47-45-43-41-39-37-20-18-16-14-12-10-8-6-4-2/h22-23,25-26,54-56,59-61H,3-21,24,27-53H2,1-2H3,(H,58,62)/b23-22-,26-25-. The maximum atomic E-state index is 12.6. The van der Waals surface area contributed by atoms with Crippen molar-refractivity contribution in [3.63, 3.8) is 0 Å². The molecule has 0 aromatic carbocycles. The number of hydrogen-bond donors (Lipinski definition) is 4. The fourth-order valence-corrected chi connectivity index (χ4v) is 8.93. The minimum atomic E-state index is -1.07. The molecule has 1 amide bonds. The van der Waals surface area contributed by atoms with Crippen molar-refractivity contribution in [2.45, 2.75) is 327 Å². The quantitative estimate of drug-likeness (QED) is 0.0362. The molecule has 0 aromatic rings. The zero-order chi connectivity index (χ0) is 45.1. The van der Waals surface area contributed by atoms with Crippen LogP contribution in [0.4, 0.5) is 0 Å². The third kappa shape index (κ3) is 46.8. The maximum absolute atomic E-state index is 12.6. The van der Waals surface area contributed by atoms with E-state index < -0.39 is 24.2 Å². The van der Waals surface area contributed by atoms with Gasteiger partial charge in [0.1, 0.15) is 6.10 Å². The maximum Gasteiger partial charge on any atom is 0.249 e. The molecular weight excluding hydrogens is 763 g/mol. The number of amides is 1. The zero-order valence-electron chi connectivity index (χ0n) is 42.0. The molecule has 62 heavy (non-hydrogen) atoms. The van der Waals surface area contributed by atoms with E-state index in [2.05, 4.69) is 43.5 Å². The molecule has 0 aromatic heterocycles. The van der Waals surface area contributed by atoms with Crippen molar-refractivity contribution in [3.05, 3.63) is 24.3 Å². The number of aliphatic hydroxyl groups excluding tert-OH is 3. The number of rotatable bonds is 52. The molecule has 0 saturated heterocycles. The van der Waals surface area contributed by atoms with Gasteiger partial charge in [-0.25, -0.2) is 0 Å². The average molecular weight is 875 g/mol. The summed E-state index contributed by atoms with van der Waals surface area (Å²) >= 11 is 0. The molecule has 3 unspecified atom stereocenters. The Kier molecular flexibility index (Phi) is 51.5. The van der Waals surface area contributed by atoms with E-state index in [1.165, 1.54) is 244 Å². The third-order valence-corrected chi connectivity index (χ3v) is 13.3. The highest BCUT2D eigenvalue weighted by Gasteiger charge is 2.23. The van der Waals surface area contributed by atoms with Gasteiger partial charge in [-0.15, -0.1) is 0 Å². The molecule has 3 atom stereocenters. The van der Waals surface area contributed by atoms with Gasteiger partial charge in [0.25, 0.3) is 0 Å². The molecule has 0 radical (unpaired) electrons. The number of carbonyl (C=O) groups is 1. The molecule has 0 fully saturated rings. The Morgan fingerprint density at radius 2 is 0.661 bits per heavy atom. The van der Waals surface area contributed by atoms with E-state index in [0.29, 0.717) is 12.8 Å². The van der Waals surface area contributed by atoms with Gasteiger partial charge in [-0.1, -0.05) is 289 Å². The third-order valence-electron chi connectivity index (χ3n) is 13.3. The second-order valence-electron chi connectivity index (χ2n) is 19.5. The van der Waals surface area contributed by atoms with Crippen LogP contribution in [0.15, 0.2) is 24.3 Å². The molecule has 4 N–H and O–H groups in total. The van der Waals surface area contributed by atoms with Crippen molar-refractivity contribution >= 4 is 5.91 Å². The average Bonchev–Trinajstić information content (AvgIpc) is 3.28. The number of nitrogens with one attached hydrogen (secondary N) is 1. The monoisotopic (exact) mass is 874 g/mol. The van der Waals surface area contributed by atoms with Crippen LogP contribution in [-0.4, -0.2) is 46.1 Å². The topological polar surface area (TPSA) is 89.8 Å². The Balaban J connectivity index is 3.50. The van der Waals surface area contributed by atoms with Crippen molar-refractivity contribution in [2.24, 2.45) is 0 Å². The first kappa shape index (κ1) is 60.8. The fraction of sp³-hybridized carbons (Fsp3) is 0.912. The lowest BCUT2D eigenvalue weighted by Crippen LogP contribution is -2.49. The number of carbonyl (C=O) groups excluding carboxylic acids is 1. The largest absolute Gasteiger partial charge is 0.394 e. The summed E-state index contributed by atoms with van der Waals surface area (Å²) in [5.74, 6) is -0.466. The summed E-state index contributed by atoms with van der Waals surface area (Å²) in [6.07, 6.45) is 66.5. The van der Waals surface area contributed by atoms with Crippen LogP contribution in [0.2, 0.25) is 0 Å². The van der Waals surface area contributed by atoms with E-state index in [4.69, 9.17) is 0 Å². The van der Waals surface area contributed by atoms with Crippen LogP contribution < -0.4 is 5.32 Å². The summed E-state index contributed by atoms with van der Waals surface area (Å²) in [5, 5.41) is 33.5. The predicted octanol–water partition coefficient (Wildman–Crippen LogP) is 17.3. The van der Waals surface area contributed by atoms with Crippen molar-refractivity contribution in [3.8, 4) is 0 Å². The van der Waals surface area contributed by atoms with Gasteiger partial charge in [0.15, 0.2) is 0 Å². The Labute approximate surface area is 388 Å². The van der Waals surface area contributed by atoms with Crippen LogP contribution in [0.3, 0.4) is 0 Å². The zero-order valence-corrected chi connectivity index (χ0v) is 42.0. The van der Waals surface area contributed by atoms with E-state index in [1.54, 1.807) is 0 Å². The first-order valence-corrected chi connectivity index (χ1v) is 28.1. The van der Waals surface area contributed by atoms with Crippen molar-refractivity contribution in [1.82, 2.24) is 5.32 Å². The summed E-state index contributed by atoms with van der Waals surface area (Å²) < 4.78 is 0. The molecule has 0 saturated carbocycles. The number of hydrogen-bond acceptors (Lipinski definition) is 4. The molecule has 0 aliphatic heterocycles. The normalized spacial score (nSPS) is 13.4. The predicted molar refractivity (Wildman–Crippen MR) is 273 cm³/mol. The van der Waals surface area contributed by atoms with Crippen molar-refractivity contribution in [1.29, 1.82) is 0 Å². The van der Waals surface area contributed by atoms with Gasteiger partial charge in [0, 0.05) is 0 Å². The summed E-state index contributed by atoms with van der Waals surface area (Å²) in [4.78, 5) is 12.6. The van der Waals surface area contributed by atoms with Crippen LogP contribution in [-0.2, 0) is 4.79 Å². The van der Waals surface area contributed by atoms with E-state index >= 15 is 0 Å². The summed E-state index contributed by atoms with van der Waals surface area (Å²) in [5.41, 5.74) is 0. The molecule has 0 aliphatic carbocycles. The molecule has 368 valence electrons. The first-order valence-electron chi connectivity index (χ1n) is 28.1. The van der Waals surface area contributed by atoms with Gasteiger partial charge in [-0.2, -0.15) is 0 Å².